The van der Waals surface area contributed by atoms with E-state index in [4.69, 9.17) is 37.7 Å². The maximum Gasteiger partial charge on any atom is 0.225 e. The Hall–Kier alpha value is -4.22. The molecule has 2 aromatic heterocycles. The summed E-state index contributed by atoms with van der Waals surface area (Å²) in [6.45, 7) is 4.53. The zero-order valence-corrected chi connectivity index (χ0v) is 33.7. The highest BCUT2D eigenvalue weighted by atomic mass is 35.5. The second-order valence-corrected chi connectivity index (χ2v) is 16.3. The third-order valence-electron chi connectivity index (χ3n) is 11.8. The predicted molar refractivity (Wildman–Crippen MR) is 220 cm³/mol. The molecule has 4 aliphatic rings. The van der Waals surface area contributed by atoms with Gasteiger partial charge in [0.25, 0.3) is 0 Å². The molecule has 4 fully saturated rings. The number of likely N-dealkylation sites (tertiary alicyclic amines) is 2. The highest BCUT2D eigenvalue weighted by molar-refractivity contribution is 6.39. The third-order valence-corrected chi connectivity index (χ3v) is 12.6. The van der Waals surface area contributed by atoms with Crippen molar-refractivity contribution in [1.82, 2.24) is 30.4 Å². The van der Waals surface area contributed by atoms with E-state index in [1.54, 1.807) is 20.4 Å². The van der Waals surface area contributed by atoms with Crippen LogP contribution in [-0.2, 0) is 22.7 Å². The average Bonchev–Trinajstić information content (AvgIpc) is 4.17. The number of carbonyl (C=O) groups excluding carboxylic acids is 2. The van der Waals surface area contributed by atoms with Crippen molar-refractivity contribution in [3.8, 4) is 45.3 Å². The first-order valence-electron chi connectivity index (χ1n) is 20.0. The summed E-state index contributed by atoms with van der Waals surface area (Å²) in [7, 11) is 3.31. The van der Waals surface area contributed by atoms with Crippen LogP contribution < -0.4 is 20.1 Å². The van der Waals surface area contributed by atoms with Gasteiger partial charge in [0.2, 0.25) is 17.7 Å². The number of nitrogens with zero attached hydrogens (tertiary/aromatic N) is 4. The molecule has 0 unspecified atom stereocenters. The number of benzene rings is 2. The minimum atomic E-state index is 0.272. The Morgan fingerprint density at radius 1 is 0.696 bits per heavy atom. The fraction of sp³-hybridized carbons (Fsp3) is 0.455. The molecule has 0 bridgehead atoms. The number of halogens is 2. The summed E-state index contributed by atoms with van der Waals surface area (Å²) in [6.07, 6.45) is 9.72. The quantitative estimate of drug-likeness (QED) is 0.141. The second kappa shape index (κ2) is 17.1. The van der Waals surface area contributed by atoms with Crippen LogP contribution in [0.3, 0.4) is 0 Å². The van der Waals surface area contributed by atoms with E-state index in [-0.39, 0.29) is 11.8 Å². The molecule has 56 heavy (non-hydrogen) atoms. The third kappa shape index (κ3) is 8.54. The van der Waals surface area contributed by atoms with Crippen LogP contribution in [0.25, 0.3) is 33.6 Å². The number of piperidine rings is 2. The van der Waals surface area contributed by atoms with Crippen molar-refractivity contribution in [2.45, 2.75) is 76.5 Å². The van der Waals surface area contributed by atoms with Crippen molar-refractivity contribution in [1.29, 1.82) is 0 Å². The first-order valence-corrected chi connectivity index (χ1v) is 20.8. The summed E-state index contributed by atoms with van der Waals surface area (Å²) in [4.78, 5) is 38.6. The van der Waals surface area contributed by atoms with Gasteiger partial charge in [-0.3, -0.25) is 14.6 Å². The molecule has 4 aromatic rings. The molecule has 4 heterocycles. The highest BCUT2D eigenvalue weighted by Gasteiger charge is 2.36. The van der Waals surface area contributed by atoms with Gasteiger partial charge in [0.05, 0.1) is 35.7 Å². The number of hydrogen-bond donors (Lipinski definition) is 2. The number of hydrogen-bond acceptors (Lipinski definition) is 8. The summed E-state index contributed by atoms with van der Waals surface area (Å²) >= 11 is 14.3. The van der Waals surface area contributed by atoms with E-state index in [0.29, 0.717) is 64.3 Å². The summed E-state index contributed by atoms with van der Waals surface area (Å²) in [5.41, 5.74) is 6.47. The van der Waals surface area contributed by atoms with E-state index in [1.165, 1.54) is 0 Å². The molecular weight excluding hydrogens is 747 g/mol. The number of rotatable bonds is 13. The standard InChI is InChI=1S/C44H50Cl2N6O4/c1-55-38-24-29(10-11-30(38)25-48-32-15-20-51(21-16-32)43(53)27-6-7-27)41-40(46)35(14-19-47-41)34-4-3-5-36(39(34)45)37-13-12-31(42(50-37)56-2)26-49-33-17-22-52(23-18-33)44(54)28-8-9-28/h3-5,10-14,19,24,27-28,32-33,48-49H,6-9,15-18,20-23,25-26H2,1-2H3. The van der Waals surface area contributed by atoms with Crippen molar-refractivity contribution >= 4 is 35.0 Å². The van der Waals surface area contributed by atoms with Crippen molar-refractivity contribution in [2.24, 2.45) is 11.8 Å². The lowest BCUT2D eigenvalue weighted by Gasteiger charge is -2.32. The van der Waals surface area contributed by atoms with Crippen molar-refractivity contribution in [2.75, 3.05) is 40.4 Å². The molecule has 2 aliphatic heterocycles. The normalized spacial score (nSPS) is 17.9. The Morgan fingerprint density at radius 3 is 1.86 bits per heavy atom. The molecule has 0 spiro atoms. The van der Waals surface area contributed by atoms with Gasteiger partial charge in [0, 0.05) is 103 Å². The molecule has 8 rings (SSSR count). The second-order valence-electron chi connectivity index (χ2n) is 15.6. The topological polar surface area (TPSA) is 109 Å². The van der Waals surface area contributed by atoms with Gasteiger partial charge in [-0.05, 0) is 69.6 Å². The number of aromatic nitrogens is 2. The average molecular weight is 798 g/mol. The molecule has 294 valence electrons. The Morgan fingerprint density at radius 2 is 1.27 bits per heavy atom. The molecule has 0 atom stereocenters. The summed E-state index contributed by atoms with van der Waals surface area (Å²) in [5, 5.41) is 8.35. The zero-order valence-electron chi connectivity index (χ0n) is 32.2. The molecule has 2 amide bonds. The molecule has 2 saturated carbocycles. The molecular formula is C44H50Cl2N6O4. The van der Waals surface area contributed by atoms with Crippen LogP contribution in [0.2, 0.25) is 10.0 Å². The Balaban J connectivity index is 0.936. The van der Waals surface area contributed by atoms with Gasteiger partial charge in [-0.1, -0.05) is 59.6 Å². The predicted octanol–water partition coefficient (Wildman–Crippen LogP) is 7.78. The number of amides is 2. The Bertz CT molecular complexity index is 1930. The smallest absolute Gasteiger partial charge is 0.225 e. The summed E-state index contributed by atoms with van der Waals surface area (Å²) in [6, 6.07) is 18.5. The van der Waals surface area contributed by atoms with Crippen LogP contribution in [0, 0.1) is 11.8 Å². The van der Waals surface area contributed by atoms with Crippen LogP contribution in [0.15, 0.2) is 60.8 Å². The Labute approximate surface area is 339 Å². The molecule has 0 radical (unpaired) electrons. The lowest BCUT2D eigenvalue weighted by Crippen LogP contribution is -2.45. The van der Waals surface area contributed by atoms with Gasteiger partial charge in [-0.15, -0.1) is 0 Å². The highest BCUT2D eigenvalue weighted by Crippen LogP contribution is 2.42. The number of nitrogens with one attached hydrogen (secondary N) is 2. The van der Waals surface area contributed by atoms with E-state index in [2.05, 4.69) is 21.7 Å². The fourth-order valence-corrected chi connectivity index (χ4v) is 8.70. The van der Waals surface area contributed by atoms with E-state index in [0.717, 1.165) is 117 Å². The molecule has 2 aliphatic carbocycles. The minimum absolute atomic E-state index is 0.272. The van der Waals surface area contributed by atoms with E-state index in [9.17, 15) is 9.59 Å². The van der Waals surface area contributed by atoms with E-state index in [1.807, 2.05) is 58.3 Å². The number of carbonyl (C=O) groups is 2. The molecule has 2 saturated heterocycles. The lowest BCUT2D eigenvalue weighted by atomic mass is 9.99. The number of methoxy groups -OCH3 is 2. The molecule has 2 aromatic carbocycles. The maximum atomic E-state index is 12.5. The van der Waals surface area contributed by atoms with Crippen LogP contribution in [0.4, 0.5) is 0 Å². The minimum Gasteiger partial charge on any atom is -0.496 e. The first kappa shape index (κ1) is 38.6. The van der Waals surface area contributed by atoms with Gasteiger partial charge < -0.3 is 29.9 Å². The summed E-state index contributed by atoms with van der Waals surface area (Å²) < 4.78 is 11.6. The van der Waals surface area contributed by atoms with E-state index < -0.39 is 0 Å². The van der Waals surface area contributed by atoms with Crippen molar-refractivity contribution in [3.05, 3.63) is 82.0 Å². The van der Waals surface area contributed by atoms with Gasteiger partial charge in [-0.25, -0.2) is 4.98 Å². The van der Waals surface area contributed by atoms with Crippen LogP contribution in [-0.4, -0.2) is 84.1 Å². The molecule has 2 N–H and O–H groups in total. The molecule has 10 nitrogen and oxygen atoms in total. The van der Waals surface area contributed by atoms with Gasteiger partial charge >= 0.3 is 0 Å². The van der Waals surface area contributed by atoms with E-state index >= 15 is 0 Å². The largest absolute Gasteiger partial charge is 0.496 e. The van der Waals surface area contributed by atoms with Gasteiger partial charge in [0.15, 0.2) is 0 Å². The monoisotopic (exact) mass is 796 g/mol. The SMILES string of the molecule is COc1cc(-c2nccc(-c3cccc(-c4ccc(CNC5CCN(C(=O)C6CC6)CC5)c(OC)n4)c3Cl)c2Cl)ccc1CNC1CCN(C(=O)C2CC2)CC1. The first-order chi connectivity index (χ1) is 27.3. The number of pyridine rings is 2. The van der Waals surface area contributed by atoms with Crippen LogP contribution >= 0.6 is 23.2 Å². The van der Waals surface area contributed by atoms with Crippen molar-refractivity contribution in [3.63, 3.8) is 0 Å². The maximum absolute atomic E-state index is 12.5. The zero-order chi connectivity index (χ0) is 38.8. The lowest BCUT2D eigenvalue weighted by molar-refractivity contribution is -0.134. The van der Waals surface area contributed by atoms with Crippen LogP contribution in [0.5, 0.6) is 11.6 Å². The van der Waals surface area contributed by atoms with Gasteiger partial charge in [0.1, 0.15) is 5.75 Å². The fourth-order valence-electron chi connectivity index (χ4n) is 8.05. The van der Waals surface area contributed by atoms with Crippen molar-refractivity contribution < 1.29 is 19.1 Å². The van der Waals surface area contributed by atoms with Crippen LogP contribution in [0.1, 0.15) is 62.5 Å². The number of ether oxygens (including phenoxy) is 2. The molecule has 12 heteroatoms. The Kier molecular flexibility index (Phi) is 11.8. The van der Waals surface area contributed by atoms with Gasteiger partial charge in [-0.2, -0.15) is 0 Å². The summed E-state index contributed by atoms with van der Waals surface area (Å²) in [5.74, 6) is 2.52.